The van der Waals surface area contributed by atoms with E-state index in [0.29, 0.717) is 0 Å². The third-order valence-corrected chi connectivity index (χ3v) is 2.23. The molecule has 1 rings (SSSR count). The Labute approximate surface area is 92.3 Å². The summed E-state index contributed by atoms with van der Waals surface area (Å²) in [4.78, 5) is 0. The molecular weight excluding hydrogens is 186 g/mol. The van der Waals surface area contributed by atoms with Crippen LogP contribution < -0.4 is 5.32 Å². The number of aryl methyl sites for hydroxylation is 2. The number of aromatic nitrogens is 2. The minimum atomic E-state index is 0.141. The van der Waals surface area contributed by atoms with E-state index in [-0.39, 0.29) is 5.54 Å². The van der Waals surface area contributed by atoms with Crippen molar-refractivity contribution in [3.63, 3.8) is 0 Å². The van der Waals surface area contributed by atoms with E-state index in [1.54, 1.807) is 0 Å². The average Bonchev–Trinajstić information content (AvgIpc) is 2.14. The Morgan fingerprint density at radius 3 is 2.47 bits per heavy atom. The molecule has 0 radical (unpaired) electrons. The normalized spacial score (nSPS) is 11.8. The van der Waals surface area contributed by atoms with Gasteiger partial charge in [0.2, 0.25) is 0 Å². The number of hydrogen-bond donors (Lipinski definition) is 1. The third kappa shape index (κ3) is 3.96. The Morgan fingerprint density at radius 1 is 1.27 bits per heavy atom. The van der Waals surface area contributed by atoms with Crippen LogP contribution in [0.4, 0.5) is 0 Å². The van der Waals surface area contributed by atoms with Crippen molar-refractivity contribution >= 4 is 0 Å². The summed E-state index contributed by atoms with van der Waals surface area (Å²) in [6.07, 6.45) is 0.939. The van der Waals surface area contributed by atoms with Crippen molar-refractivity contribution in [3.05, 3.63) is 23.0 Å². The van der Waals surface area contributed by atoms with Gasteiger partial charge in [-0.2, -0.15) is 10.2 Å². The van der Waals surface area contributed by atoms with Crippen LogP contribution in [-0.4, -0.2) is 15.7 Å². The maximum atomic E-state index is 4.21. The summed E-state index contributed by atoms with van der Waals surface area (Å²) < 4.78 is 0. The summed E-state index contributed by atoms with van der Waals surface area (Å²) in [7, 11) is 0. The molecule has 1 aromatic rings. The van der Waals surface area contributed by atoms with Gasteiger partial charge in [-0.05, 0) is 45.7 Å². The van der Waals surface area contributed by atoms with E-state index in [0.717, 1.165) is 24.4 Å². The molecule has 0 unspecified atom stereocenters. The molecule has 84 valence electrons. The number of nitrogens with zero attached hydrogens (tertiary/aromatic N) is 2. The first-order chi connectivity index (χ1) is 6.92. The van der Waals surface area contributed by atoms with E-state index in [1.165, 1.54) is 5.56 Å². The van der Waals surface area contributed by atoms with Crippen molar-refractivity contribution in [1.29, 1.82) is 0 Å². The van der Waals surface area contributed by atoms with E-state index < -0.39 is 0 Å². The minimum absolute atomic E-state index is 0.141. The van der Waals surface area contributed by atoms with E-state index in [1.807, 2.05) is 6.92 Å². The summed E-state index contributed by atoms with van der Waals surface area (Å²) >= 11 is 0. The maximum Gasteiger partial charge on any atom is 0.0673 e. The van der Waals surface area contributed by atoms with E-state index in [9.17, 15) is 0 Å². The molecule has 0 atom stereocenters. The van der Waals surface area contributed by atoms with E-state index in [4.69, 9.17) is 0 Å². The molecule has 0 bridgehead atoms. The second kappa shape index (κ2) is 4.71. The minimum Gasteiger partial charge on any atom is -0.308 e. The first-order valence-electron chi connectivity index (χ1n) is 5.49. The van der Waals surface area contributed by atoms with Gasteiger partial charge in [0.25, 0.3) is 0 Å². The molecule has 15 heavy (non-hydrogen) atoms. The van der Waals surface area contributed by atoms with Crippen LogP contribution >= 0.6 is 0 Å². The molecule has 0 saturated carbocycles. The zero-order chi connectivity index (χ0) is 11.5. The van der Waals surface area contributed by atoms with Gasteiger partial charge in [-0.1, -0.05) is 6.92 Å². The fourth-order valence-corrected chi connectivity index (χ4v) is 1.38. The fraction of sp³-hybridized carbons (Fsp3) is 0.667. The molecule has 0 fully saturated rings. The zero-order valence-corrected chi connectivity index (χ0v) is 10.4. The molecular formula is C12H21N3. The molecule has 3 heteroatoms. The van der Waals surface area contributed by atoms with Gasteiger partial charge in [0.1, 0.15) is 0 Å². The predicted molar refractivity (Wildman–Crippen MR) is 62.7 cm³/mol. The van der Waals surface area contributed by atoms with Crippen LogP contribution in [-0.2, 0) is 13.0 Å². The Bertz CT molecular complexity index is 326. The molecule has 0 aliphatic heterocycles. The summed E-state index contributed by atoms with van der Waals surface area (Å²) in [6.45, 7) is 11.5. The molecule has 0 amide bonds. The standard InChI is InChI=1S/C12H21N3/c1-6-11-10(7-9(2)14-15-11)8-13-12(3,4)5/h7,13H,6,8H2,1-5H3. The van der Waals surface area contributed by atoms with Crippen LogP contribution in [0.5, 0.6) is 0 Å². The lowest BCUT2D eigenvalue weighted by Gasteiger charge is -2.21. The van der Waals surface area contributed by atoms with Crippen LogP contribution in [0.15, 0.2) is 6.07 Å². The summed E-state index contributed by atoms with van der Waals surface area (Å²) in [5, 5.41) is 11.8. The molecule has 1 heterocycles. The monoisotopic (exact) mass is 207 g/mol. The molecule has 1 N–H and O–H groups in total. The van der Waals surface area contributed by atoms with Gasteiger partial charge >= 0.3 is 0 Å². The first kappa shape index (κ1) is 12.1. The topological polar surface area (TPSA) is 37.8 Å². The molecule has 0 aromatic carbocycles. The Balaban J connectivity index is 2.79. The highest BCUT2D eigenvalue weighted by atomic mass is 15.1. The SMILES string of the molecule is CCc1nnc(C)cc1CNC(C)(C)C. The Hall–Kier alpha value is -0.960. The van der Waals surface area contributed by atoms with Gasteiger partial charge in [-0.3, -0.25) is 0 Å². The lowest BCUT2D eigenvalue weighted by Crippen LogP contribution is -2.35. The van der Waals surface area contributed by atoms with Gasteiger partial charge in [0, 0.05) is 12.1 Å². The van der Waals surface area contributed by atoms with Crippen LogP contribution in [0, 0.1) is 6.92 Å². The highest BCUT2D eigenvalue weighted by molar-refractivity contribution is 5.20. The molecule has 0 aliphatic rings. The largest absolute Gasteiger partial charge is 0.308 e. The van der Waals surface area contributed by atoms with Gasteiger partial charge in [0.05, 0.1) is 11.4 Å². The smallest absolute Gasteiger partial charge is 0.0673 e. The molecule has 0 spiro atoms. The lowest BCUT2D eigenvalue weighted by atomic mass is 10.1. The molecule has 1 aromatic heterocycles. The van der Waals surface area contributed by atoms with Crippen LogP contribution in [0.2, 0.25) is 0 Å². The van der Waals surface area contributed by atoms with Crippen LogP contribution in [0.3, 0.4) is 0 Å². The molecule has 0 aliphatic carbocycles. The predicted octanol–water partition coefficient (Wildman–Crippen LogP) is 2.24. The quantitative estimate of drug-likeness (QED) is 0.826. The molecule has 0 saturated heterocycles. The van der Waals surface area contributed by atoms with Crippen LogP contribution in [0.25, 0.3) is 0 Å². The second-order valence-electron chi connectivity index (χ2n) is 4.91. The van der Waals surface area contributed by atoms with Crippen LogP contribution in [0.1, 0.15) is 44.6 Å². The fourth-order valence-electron chi connectivity index (χ4n) is 1.38. The number of rotatable bonds is 3. The highest BCUT2D eigenvalue weighted by Crippen LogP contribution is 2.09. The van der Waals surface area contributed by atoms with Crippen molar-refractivity contribution in [2.75, 3.05) is 0 Å². The Morgan fingerprint density at radius 2 is 1.93 bits per heavy atom. The van der Waals surface area contributed by atoms with Gasteiger partial charge in [0.15, 0.2) is 0 Å². The lowest BCUT2D eigenvalue weighted by molar-refractivity contribution is 0.422. The number of nitrogens with one attached hydrogen (secondary N) is 1. The summed E-state index contributed by atoms with van der Waals surface area (Å²) in [5.74, 6) is 0. The van der Waals surface area contributed by atoms with Gasteiger partial charge < -0.3 is 5.32 Å². The highest BCUT2D eigenvalue weighted by Gasteiger charge is 2.10. The van der Waals surface area contributed by atoms with Crippen molar-refractivity contribution in [2.24, 2.45) is 0 Å². The Kier molecular flexibility index (Phi) is 3.80. The van der Waals surface area contributed by atoms with Crippen molar-refractivity contribution in [1.82, 2.24) is 15.5 Å². The first-order valence-corrected chi connectivity index (χ1v) is 5.49. The van der Waals surface area contributed by atoms with Crippen molar-refractivity contribution in [3.8, 4) is 0 Å². The summed E-state index contributed by atoms with van der Waals surface area (Å²) in [6, 6.07) is 2.12. The third-order valence-electron chi connectivity index (χ3n) is 2.23. The van der Waals surface area contributed by atoms with Gasteiger partial charge in [-0.25, -0.2) is 0 Å². The second-order valence-corrected chi connectivity index (χ2v) is 4.91. The van der Waals surface area contributed by atoms with E-state index in [2.05, 4.69) is 49.3 Å². The van der Waals surface area contributed by atoms with Crippen molar-refractivity contribution in [2.45, 2.75) is 53.1 Å². The number of hydrogen-bond acceptors (Lipinski definition) is 3. The maximum absolute atomic E-state index is 4.21. The summed E-state index contributed by atoms with van der Waals surface area (Å²) in [5.41, 5.74) is 3.48. The average molecular weight is 207 g/mol. The van der Waals surface area contributed by atoms with E-state index >= 15 is 0 Å². The molecule has 3 nitrogen and oxygen atoms in total. The zero-order valence-electron chi connectivity index (χ0n) is 10.4. The van der Waals surface area contributed by atoms with Gasteiger partial charge in [-0.15, -0.1) is 0 Å². The van der Waals surface area contributed by atoms with Crippen molar-refractivity contribution < 1.29 is 0 Å².